The van der Waals surface area contributed by atoms with Gasteiger partial charge in [-0.05, 0) is 130 Å². The van der Waals surface area contributed by atoms with Crippen LogP contribution in [0.25, 0.3) is 94.0 Å². The summed E-state index contributed by atoms with van der Waals surface area (Å²) in [5, 5.41) is 15.3. The van der Waals surface area contributed by atoms with Crippen LogP contribution in [0.5, 0.6) is 0 Å². The van der Waals surface area contributed by atoms with Crippen molar-refractivity contribution in [3.05, 3.63) is 171 Å². The Kier molecular flexibility index (Phi) is 6.96. The van der Waals surface area contributed by atoms with Crippen molar-refractivity contribution in [3.8, 4) is 33.4 Å². The van der Waals surface area contributed by atoms with E-state index in [4.69, 9.17) is 0 Å². The fourth-order valence-electron chi connectivity index (χ4n) is 9.31. The van der Waals surface area contributed by atoms with Crippen LogP contribution in [-0.4, -0.2) is 0 Å². The molecule has 9 aromatic rings. The van der Waals surface area contributed by atoms with Gasteiger partial charge in [-0.2, -0.15) is 11.3 Å². The lowest BCUT2D eigenvalue weighted by Gasteiger charge is -2.27. The highest BCUT2D eigenvalue weighted by Crippen LogP contribution is 2.47. The monoisotopic (exact) mass is 698 g/mol. The predicted octanol–water partition coefficient (Wildman–Crippen LogP) is 13.1. The normalized spacial score (nSPS) is 15.1. The first-order chi connectivity index (χ1) is 25.8. The fourth-order valence-corrected chi connectivity index (χ4v) is 11.2. The quantitative estimate of drug-likeness (QED) is 0.161. The summed E-state index contributed by atoms with van der Waals surface area (Å²) in [7, 11) is 0. The van der Waals surface area contributed by atoms with Crippen molar-refractivity contribution in [2.24, 2.45) is 0 Å². The SMILES string of the molecule is C1=Cc2c(c(-c3ccccc3)c3ccccc3c2C2C=c3sc4cccc(-c5c6ccccc6c(-c6ccsc6)c6ccccc56)c4c3=CC2)CC1. The number of benzene rings is 7. The van der Waals surface area contributed by atoms with E-state index in [1.54, 1.807) is 11.3 Å². The molecule has 11 rings (SSSR count). The number of rotatable bonds is 4. The van der Waals surface area contributed by atoms with Gasteiger partial charge in [0.15, 0.2) is 0 Å². The number of hydrogen-bond donors (Lipinski definition) is 0. The number of allylic oxidation sites excluding steroid dienone is 1. The van der Waals surface area contributed by atoms with Gasteiger partial charge in [0.05, 0.1) is 0 Å². The van der Waals surface area contributed by atoms with Gasteiger partial charge in [0.1, 0.15) is 0 Å². The molecular formula is C50H34S2. The smallest absolute Gasteiger partial charge is 0.0361 e. The highest BCUT2D eigenvalue weighted by atomic mass is 32.1. The predicted molar refractivity (Wildman–Crippen MR) is 228 cm³/mol. The van der Waals surface area contributed by atoms with Crippen LogP contribution < -0.4 is 9.75 Å². The lowest BCUT2D eigenvalue weighted by molar-refractivity contribution is 0.914. The Labute approximate surface area is 311 Å². The van der Waals surface area contributed by atoms with Crippen molar-refractivity contribution in [3.63, 3.8) is 0 Å². The molecule has 0 saturated carbocycles. The van der Waals surface area contributed by atoms with Crippen molar-refractivity contribution >= 4 is 83.3 Å². The van der Waals surface area contributed by atoms with Crippen molar-refractivity contribution in [2.75, 3.05) is 0 Å². The third-order valence-corrected chi connectivity index (χ3v) is 13.2. The Morgan fingerprint density at radius 2 is 1.25 bits per heavy atom. The van der Waals surface area contributed by atoms with Crippen molar-refractivity contribution < 1.29 is 0 Å². The summed E-state index contributed by atoms with van der Waals surface area (Å²) in [6.45, 7) is 0. The van der Waals surface area contributed by atoms with E-state index in [2.05, 4.69) is 162 Å². The molecule has 2 aliphatic carbocycles. The maximum Gasteiger partial charge on any atom is 0.0361 e. The highest BCUT2D eigenvalue weighted by molar-refractivity contribution is 7.17. The summed E-state index contributed by atoms with van der Waals surface area (Å²) >= 11 is 3.72. The molecule has 1 atom stereocenters. The zero-order chi connectivity index (χ0) is 34.2. The van der Waals surface area contributed by atoms with Crippen LogP contribution in [-0.2, 0) is 6.42 Å². The third kappa shape index (κ3) is 4.51. The molecule has 0 fully saturated rings. The Hall–Kier alpha value is -5.54. The maximum atomic E-state index is 2.60. The molecule has 0 bridgehead atoms. The summed E-state index contributed by atoms with van der Waals surface area (Å²) in [5.74, 6) is 0.307. The minimum Gasteiger partial charge on any atom is -0.152 e. The third-order valence-electron chi connectivity index (χ3n) is 11.4. The van der Waals surface area contributed by atoms with Gasteiger partial charge in [-0.3, -0.25) is 0 Å². The zero-order valence-electron chi connectivity index (χ0n) is 28.6. The Balaban J connectivity index is 1.16. The minimum absolute atomic E-state index is 0.307. The second-order valence-corrected chi connectivity index (χ2v) is 16.0. The first kappa shape index (κ1) is 30.1. The molecule has 2 aromatic heterocycles. The van der Waals surface area contributed by atoms with Gasteiger partial charge in [0.25, 0.3) is 0 Å². The van der Waals surface area contributed by atoms with Gasteiger partial charge >= 0.3 is 0 Å². The Morgan fingerprint density at radius 3 is 1.96 bits per heavy atom. The lowest BCUT2D eigenvalue weighted by atomic mass is 9.77. The molecule has 52 heavy (non-hydrogen) atoms. The molecule has 2 aliphatic rings. The second kappa shape index (κ2) is 12.0. The zero-order valence-corrected chi connectivity index (χ0v) is 30.2. The molecule has 0 spiro atoms. The van der Waals surface area contributed by atoms with E-state index in [-0.39, 0.29) is 0 Å². The van der Waals surface area contributed by atoms with Crippen molar-refractivity contribution in [1.29, 1.82) is 0 Å². The molecule has 0 amide bonds. The number of thiophene rings is 2. The van der Waals surface area contributed by atoms with Crippen LogP contribution in [0.3, 0.4) is 0 Å². The maximum absolute atomic E-state index is 2.60. The van der Waals surface area contributed by atoms with Crippen molar-refractivity contribution in [2.45, 2.75) is 25.2 Å². The van der Waals surface area contributed by atoms with Gasteiger partial charge in [-0.1, -0.05) is 140 Å². The topological polar surface area (TPSA) is 0 Å². The average Bonchev–Trinajstić information content (AvgIpc) is 3.87. The van der Waals surface area contributed by atoms with Crippen LogP contribution in [0.2, 0.25) is 0 Å². The standard InChI is InChI=1S/C50H34S2/c1-2-13-31(14-3-1)46-34-15-4-6-17-36(34)47(37-18-7-5-16-35(37)46)32-25-26-42-45(29-32)52-44-24-12-23-43(50(42)44)49-40-21-10-8-19-38(40)48(33-27-28-51-30-33)39-20-9-11-22-41(39)49/h1-4,6-15,17-24,26-30,32H,5,16,25H2. The average molecular weight is 699 g/mol. The van der Waals surface area contributed by atoms with E-state index in [9.17, 15) is 0 Å². The molecule has 0 aliphatic heterocycles. The molecule has 7 aromatic carbocycles. The fraction of sp³-hybridized carbons (Fsp3) is 0.0800. The van der Waals surface area contributed by atoms with E-state index in [0.717, 1.165) is 19.3 Å². The van der Waals surface area contributed by atoms with Crippen LogP contribution in [0.4, 0.5) is 0 Å². The Morgan fingerprint density at radius 1 is 0.577 bits per heavy atom. The van der Waals surface area contributed by atoms with Crippen LogP contribution in [0.1, 0.15) is 35.4 Å². The molecule has 1 unspecified atom stereocenters. The molecule has 2 heteroatoms. The number of fused-ring (bicyclic) bond motifs is 7. The Bertz CT molecular complexity index is 2970. The lowest BCUT2D eigenvalue weighted by Crippen LogP contribution is -2.24. The van der Waals surface area contributed by atoms with Crippen LogP contribution in [0, 0.1) is 0 Å². The molecule has 246 valence electrons. The van der Waals surface area contributed by atoms with Gasteiger partial charge < -0.3 is 0 Å². The summed E-state index contributed by atoms with van der Waals surface area (Å²) in [5.41, 5.74) is 12.5. The number of hydrogen-bond acceptors (Lipinski definition) is 2. The van der Waals surface area contributed by atoms with E-state index in [0.29, 0.717) is 5.92 Å². The van der Waals surface area contributed by atoms with Crippen LogP contribution >= 0.6 is 22.7 Å². The first-order valence-electron chi connectivity index (χ1n) is 18.3. The molecular weight excluding hydrogens is 665 g/mol. The van der Waals surface area contributed by atoms with Gasteiger partial charge in [0, 0.05) is 20.5 Å². The summed E-state index contributed by atoms with van der Waals surface area (Å²) in [6, 6.07) is 47.5. The van der Waals surface area contributed by atoms with Gasteiger partial charge in [0.2, 0.25) is 0 Å². The molecule has 0 saturated heterocycles. The minimum atomic E-state index is 0.307. The molecule has 2 heterocycles. The molecule has 0 nitrogen and oxygen atoms in total. The summed E-state index contributed by atoms with van der Waals surface area (Å²) in [4.78, 5) is 0. The molecule has 0 radical (unpaired) electrons. The van der Waals surface area contributed by atoms with Gasteiger partial charge in [-0.25, -0.2) is 0 Å². The molecule has 0 N–H and O–H groups in total. The van der Waals surface area contributed by atoms with E-state index in [1.807, 2.05) is 11.3 Å². The van der Waals surface area contributed by atoms with E-state index >= 15 is 0 Å². The first-order valence-corrected chi connectivity index (χ1v) is 20.1. The van der Waals surface area contributed by atoms with Crippen LogP contribution in [0.15, 0.2) is 144 Å². The largest absolute Gasteiger partial charge is 0.152 e. The van der Waals surface area contributed by atoms with Gasteiger partial charge in [-0.15, -0.1) is 11.3 Å². The second-order valence-electron chi connectivity index (χ2n) is 14.2. The van der Waals surface area contributed by atoms with E-state index in [1.165, 1.54) is 102 Å². The van der Waals surface area contributed by atoms with Crippen molar-refractivity contribution in [1.82, 2.24) is 0 Å². The highest BCUT2D eigenvalue weighted by Gasteiger charge is 2.26. The van der Waals surface area contributed by atoms with E-state index < -0.39 is 0 Å². The summed E-state index contributed by atoms with van der Waals surface area (Å²) < 4.78 is 2.75. The summed E-state index contributed by atoms with van der Waals surface area (Å²) in [6.07, 6.45) is 13.1.